The zero-order valence-electron chi connectivity index (χ0n) is 12.8. The molecule has 0 amide bonds. The van der Waals surface area contributed by atoms with E-state index in [0.717, 1.165) is 25.5 Å². The Labute approximate surface area is 121 Å². The van der Waals surface area contributed by atoms with E-state index in [1.54, 1.807) is 6.33 Å². The third-order valence-electron chi connectivity index (χ3n) is 3.58. The summed E-state index contributed by atoms with van der Waals surface area (Å²) in [6.07, 6.45) is 4.11. The number of hydrogen-bond acceptors (Lipinski definition) is 5. The van der Waals surface area contributed by atoms with Crippen molar-refractivity contribution in [3.05, 3.63) is 12.4 Å². The first-order valence-corrected chi connectivity index (χ1v) is 7.62. The lowest BCUT2D eigenvalue weighted by Gasteiger charge is -2.34. The Bertz CT molecular complexity index is 411. The molecule has 1 saturated heterocycles. The molecule has 0 saturated carbocycles. The number of piperidine rings is 1. The van der Waals surface area contributed by atoms with Crippen LogP contribution in [0.15, 0.2) is 12.4 Å². The van der Waals surface area contributed by atoms with E-state index in [9.17, 15) is 0 Å². The van der Waals surface area contributed by atoms with E-state index in [4.69, 9.17) is 4.74 Å². The van der Waals surface area contributed by atoms with E-state index in [-0.39, 0.29) is 0 Å². The largest absolute Gasteiger partial charge is 0.478 e. The summed E-state index contributed by atoms with van der Waals surface area (Å²) in [5, 5.41) is 3.53. The quantitative estimate of drug-likeness (QED) is 0.863. The summed E-state index contributed by atoms with van der Waals surface area (Å²) in [7, 11) is 0. The van der Waals surface area contributed by atoms with Gasteiger partial charge in [0.2, 0.25) is 5.88 Å². The molecule has 1 aliphatic heterocycles. The molecule has 0 aromatic carbocycles. The Morgan fingerprint density at radius 2 is 2.30 bits per heavy atom. The molecule has 2 heterocycles. The molecule has 1 aromatic rings. The van der Waals surface area contributed by atoms with Gasteiger partial charge in [-0.1, -0.05) is 13.8 Å². The summed E-state index contributed by atoms with van der Waals surface area (Å²) in [6, 6.07) is 2.50. The summed E-state index contributed by atoms with van der Waals surface area (Å²) < 4.78 is 5.45. The highest BCUT2D eigenvalue weighted by molar-refractivity contribution is 5.41. The van der Waals surface area contributed by atoms with Crippen LogP contribution in [0, 0.1) is 5.92 Å². The van der Waals surface area contributed by atoms with Crippen LogP contribution >= 0.6 is 0 Å². The molecule has 112 valence electrons. The number of ether oxygens (including phenoxy) is 1. The van der Waals surface area contributed by atoms with Gasteiger partial charge in [0.15, 0.2) is 0 Å². The molecule has 1 unspecified atom stereocenters. The van der Waals surface area contributed by atoms with Gasteiger partial charge in [0.1, 0.15) is 12.1 Å². The predicted octanol–water partition coefficient (Wildman–Crippen LogP) is 2.09. The standard InChI is InChI=1S/C15H26N4O/c1-4-20-15-8-14(17-11-18-15)19-7-5-6-13(10-19)9-16-12(2)3/h8,11-13,16H,4-7,9-10H2,1-3H3. The van der Waals surface area contributed by atoms with Crippen molar-refractivity contribution in [2.75, 3.05) is 31.1 Å². The van der Waals surface area contributed by atoms with Crippen molar-refractivity contribution in [1.29, 1.82) is 0 Å². The molecule has 2 rings (SSSR count). The van der Waals surface area contributed by atoms with Gasteiger partial charge < -0.3 is 15.0 Å². The predicted molar refractivity (Wildman–Crippen MR) is 81.3 cm³/mol. The van der Waals surface area contributed by atoms with E-state index in [0.29, 0.717) is 24.4 Å². The van der Waals surface area contributed by atoms with E-state index in [1.165, 1.54) is 12.8 Å². The number of hydrogen-bond donors (Lipinski definition) is 1. The van der Waals surface area contributed by atoms with Crippen LogP contribution in [-0.4, -0.2) is 42.3 Å². The molecule has 5 heteroatoms. The van der Waals surface area contributed by atoms with Crippen LogP contribution < -0.4 is 15.0 Å². The third kappa shape index (κ3) is 4.34. The van der Waals surface area contributed by atoms with Gasteiger partial charge >= 0.3 is 0 Å². The maximum Gasteiger partial charge on any atom is 0.218 e. The molecule has 1 aliphatic rings. The zero-order chi connectivity index (χ0) is 14.4. The molecule has 1 aromatic heterocycles. The van der Waals surface area contributed by atoms with Crippen molar-refractivity contribution in [2.45, 2.75) is 39.7 Å². The molecule has 1 atom stereocenters. The minimum absolute atomic E-state index is 0.550. The number of aromatic nitrogens is 2. The Balaban J connectivity index is 1.95. The Morgan fingerprint density at radius 1 is 1.45 bits per heavy atom. The van der Waals surface area contributed by atoms with Crippen LogP contribution in [0.1, 0.15) is 33.6 Å². The number of nitrogens with one attached hydrogen (secondary N) is 1. The Morgan fingerprint density at radius 3 is 3.05 bits per heavy atom. The van der Waals surface area contributed by atoms with Gasteiger partial charge in [0.25, 0.3) is 0 Å². The third-order valence-corrected chi connectivity index (χ3v) is 3.58. The fraction of sp³-hybridized carbons (Fsp3) is 0.733. The molecular formula is C15H26N4O. The first-order valence-electron chi connectivity index (χ1n) is 7.62. The van der Waals surface area contributed by atoms with Crippen molar-refractivity contribution in [1.82, 2.24) is 15.3 Å². The van der Waals surface area contributed by atoms with Gasteiger partial charge in [-0.3, -0.25) is 0 Å². The van der Waals surface area contributed by atoms with Crippen LogP contribution in [0.3, 0.4) is 0 Å². The van der Waals surface area contributed by atoms with E-state index in [1.807, 2.05) is 13.0 Å². The summed E-state index contributed by atoms with van der Waals surface area (Å²) >= 11 is 0. The monoisotopic (exact) mass is 278 g/mol. The average molecular weight is 278 g/mol. The minimum atomic E-state index is 0.550. The molecule has 5 nitrogen and oxygen atoms in total. The van der Waals surface area contributed by atoms with Crippen LogP contribution in [0.25, 0.3) is 0 Å². The van der Waals surface area contributed by atoms with E-state index < -0.39 is 0 Å². The molecule has 1 N–H and O–H groups in total. The van der Waals surface area contributed by atoms with Crippen molar-refractivity contribution in [3.63, 3.8) is 0 Å². The van der Waals surface area contributed by atoms with E-state index >= 15 is 0 Å². The summed E-state index contributed by atoms with van der Waals surface area (Å²) in [4.78, 5) is 10.9. The maximum absolute atomic E-state index is 5.45. The second-order valence-electron chi connectivity index (χ2n) is 5.66. The molecule has 0 spiro atoms. The fourth-order valence-electron chi connectivity index (χ4n) is 2.57. The van der Waals surface area contributed by atoms with Gasteiger partial charge in [0.05, 0.1) is 6.61 Å². The second-order valence-corrected chi connectivity index (χ2v) is 5.66. The molecule has 0 bridgehead atoms. The van der Waals surface area contributed by atoms with Crippen molar-refractivity contribution in [2.24, 2.45) is 5.92 Å². The van der Waals surface area contributed by atoms with Crippen molar-refractivity contribution < 1.29 is 4.74 Å². The molecule has 20 heavy (non-hydrogen) atoms. The molecule has 1 fully saturated rings. The summed E-state index contributed by atoms with van der Waals surface area (Å²) in [5.41, 5.74) is 0. The number of anilines is 1. The highest BCUT2D eigenvalue weighted by Gasteiger charge is 2.21. The average Bonchev–Trinajstić information content (AvgIpc) is 2.46. The minimum Gasteiger partial charge on any atom is -0.478 e. The van der Waals surface area contributed by atoms with Crippen LogP contribution in [0.5, 0.6) is 5.88 Å². The number of rotatable bonds is 6. The van der Waals surface area contributed by atoms with Crippen LogP contribution in [0.2, 0.25) is 0 Å². The van der Waals surface area contributed by atoms with E-state index in [2.05, 4.69) is 34.0 Å². The Hall–Kier alpha value is -1.36. The highest BCUT2D eigenvalue weighted by Crippen LogP contribution is 2.23. The highest BCUT2D eigenvalue weighted by atomic mass is 16.5. The summed E-state index contributed by atoms with van der Waals surface area (Å²) in [6.45, 7) is 10.2. The fourth-order valence-corrected chi connectivity index (χ4v) is 2.57. The molecular weight excluding hydrogens is 252 g/mol. The van der Waals surface area contributed by atoms with Gasteiger partial charge in [-0.05, 0) is 32.2 Å². The lowest BCUT2D eigenvalue weighted by atomic mass is 9.98. The zero-order valence-corrected chi connectivity index (χ0v) is 12.8. The van der Waals surface area contributed by atoms with Crippen LogP contribution in [0.4, 0.5) is 5.82 Å². The first-order chi connectivity index (χ1) is 9.69. The first kappa shape index (κ1) is 15.0. The van der Waals surface area contributed by atoms with Gasteiger partial charge in [0, 0.05) is 25.2 Å². The second kappa shape index (κ2) is 7.43. The van der Waals surface area contributed by atoms with Gasteiger partial charge in [-0.2, -0.15) is 0 Å². The number of nitrogens with zero attached hydrogens (tertiary/aromatic N) is 3. The normalized spacial score (nSPS) is 19.4. The van der Waals surface area contributed by atoms with Crippen molar-refractivity contribution >= 4 is 5.82 Å². The molecule has 0 aliphatic carbocycles. The van der Waals surface area contributed by atoms with Gasteiger partial charge in [-0.15, -0.1) is 0 Å². The topological polar surface area (TPSA) is 50.3 Å². The van der Waals surface area contributed by atoms with Gasteiger partial charge in [-0.25, -0.2) is 9.97 Å². The Kier molecular flexibility index (Phi) is 5.59. The smallest absolute Gasteiger partial charge is 0.218 e. The summed E-state index contributed by atoms with van der Waals surface area (Å²) in [5.74, 6) is 2.34. The SMILES string of the molecule is CCOc1cc(N2CCCC(CNC(C)C)C2)ncn1. The van der Waals surface area contributed by atoms with Crippen LogP contribution in [-0.2, 0) is 0 Å². The van der Waals surface area contributed by atoms with Crippen molar-refractivity contribution in [3.8, 4) is 5.88 Å². The lowest BCUT2D eigenvalue weighted by molar-refractivity contribution is 0.325. The molecule has 0 radical (unpaired) electrons. The lowest BCUT2D eigenvalue weighted by Crippen LogP contribution is -2.41. The maximum atomic E-state index is 5.45.